The van der Waals surface area contributed by atoms with Gasteiger partial charge in [0, 0.05) is 5.56 Å². The van der Waals surface area contributed by atoms with E-state index in [9.17, 15) is 4.79 Å². The fourth-order valence-electron chi connectivity index (χ4n) is 1.85. The van der Waals surface area contributed by atoms with E-state index in [4.69, 9.17) is 4.74 Å². The van der Waals surface area contributed by atoms with E-state index in [-0.39, 0.29) is 0 Å². The summed E-state index contributed by atoms with van der Waals surface area (Å²) in [6, 6.07) is 13.6. The lowest BCUT2D eigenvalue weighted by atomic mass is 9.99. The van der Waals surface area contributed by atoms with Crippen molar-refractivity contribution < 1.29 is 9.53 Å². The number of methoxy groups -OCH3 is 1. The van der Waals surface area contributed by atoms with Crippen LogP contribution in [0.1, 0.15) is 15.9 Å². The Morgan fingerprint density at radius 2 is 1.76 bits per heavy atom. The molecule has 2 aromatic carbocycles. The van der Waals surface area contributed by atoms with E-state index < -0.39 is 0 Å². The zero-order valence-corrected chi connectivity index (χ0v) is 9.94. The number of aryl methyl sites for hydroxylation is 1. The van der Waals surface area contributed by atoms with Crippen molar-refractivity contribution in [2.45, 2.75) is 6.92 Å². The molecule has 0 amide bonds. The van der Waals surface area contributed by atoms with E-state index >= 15 is 0 Å². The van der Waals surface area contributed by atoms with E-state index in [0.29, 0.717) is 5.56 Å². The van der Waals surface area contributed by atoms with Crippen LogP contribution in [0.15, 0.2) is 42.5 Å². The standard InChI is InChI=1S/C15H14O2/c1-11-9-12(10-16)3-8-15(11)13-4-6-14(17-2)7-5-13/h3-10H,1-2H3. The smallest absolute Gasteiger partial charge is 0.150 e. The second kappa shape index (κ2) is 4.83. The fourth-order valence-corrected chi connectivity index (χ4v) is 1.85. The maximum atomic E-state index is 10.7. The van der Waals surface area contributed by atoms with Crippen molar-refractivity contribution in [3.63, 3.8) is 0 Å². The molecule has 0 spiro atoms. The highest BCUT2D eigenvalue weighted by Crippen LogP contribution is 2.25. The molecule has 0 saturated heterocycles. The monoisotopic (exact) mass is 226 g/mol. The second-order valence-corrected chi connectivity index (χ2v) is 3.92. The Kier molecular flexibility index (Phi) is 3.24. The van der Waals surface area contributed by atoms with Gasteiger partial charge in [-0.3, -0.25) is 4.79 Å². The number of hydrogen-bond acceptors (Lipinski definition) is 2. The van der Waals surface area contributed by atoms with Gasteiger partial charge in [-0.15, -0.1) is 0 Å². The van der Waals surface area contributed by atoms with Gasteiger partial charge in [0.1, 0.15) is 12.0 Å². The zero-order chi connectivity index (χ0) is 12.3. The molecule has 0 aromatic heterocycles. The number of hydrogen-bond donors (Lipinski definition) is 0. The van der Waals surface area contributed by atoms with Gasteiger partial charge in [0.05, 0.1) is 7.11 Å². The molecule has 0 saturated carbocycles. The van der Waals surface area contributed by atoms with Gasteiger partial charge in [-0.25, -0.2) is 0 Å². The molecule has 86 valence electrons. The van der Waals surface area contributed by atoms with Gasteiger partial charge < -0.3 is 4.74 Å². The first-order chi connectivity index (χ1) is 8.24. The molecule has 0 atom stereocenters. The van der Waals surface area contributed by atoms with E-state index in [1.807, 2.05) is 49.4 Å². The first-order valence-electron chi connectivity index (χ1n) is 5.45. The van der Waals surface area contributed by atoms with Crippen LogP contribution in [-0.4, -0.2) is 13.4 Å². The summed E-state index contributed by atoms with van der Waals surface area (Å²) in [5, 5.41) is 0. The van der Waals surface area contributed by atoms with Crippen LogP contribution < -0.4 is 4.74 Å². The molecule has 0 unspecified atom stereocenters. The van der Waals surface area contributed by atoms with E-state index in [1.54, 1.807) is 7.11 Å². The Hall–Kier alpha value is -2.09. The van der Waals surface area contributed by atoms with Crippen LogP contribution in [-0.2, 0) is 0 Å². The summed E-state index contributed by atoms with van der Waals surface area (Å²) in [6.45, 7) is 2.01. The van der Waals surface area contributed by atoms with Gasteiger partial charge >= 0.3 is 0 Å². The number of ether oxygens (including phenoxy) is 1. The summed E-state index contributed by atoms with van der Waals surface area (Å²) in [4.78, 5) is 10.7. The lowest BCUT2D eigenvalue weighted by Crippen LogP contribution is -1.87. The van der Waals surface area contributed by atoms with Gasteiger partial charge in [-0.2, -0.15) is 0 Å². The molecule has 0 radical (unpaired) electrons. The number of carbonyl (C=O) groups excluding carboxylic acids is 1. The van der Waals surface area contributed by atoms with Crippen molar-refractivity contribution in [3.05, 3.63) is 53.6 Å². The SMILES string of the molecule is COc1ccc(-c2ccc(C=O)cc2C)cc1. The Balaban J connectivity index is 2.41. The maximum Gasteiger partial charge on any atom is 0.150 e. The van der Waals surface area contributed by atoms with Crippen molar-refractivity contribution in [1.82, 2.24) is 0 Å². The minimum absolute atomic E-state index is 0.708. The summed E-state index contributed by atoms with van der Waals surface area (Å²) in [5.74, 6) is 0.843. The predicted molar refractivity (Wildman–Crippen MR) is 68.6 cm³/mol. The Morgan fingerprint density at radius 3 is 2.29 bits per heavy atom. The first kappa shape index (κ1) is 11.4. The van der Waals surface area contributed by atoms with Crippen LogP contribution in [0.25, 0.3) is 11.1 Å². The quantitative estimate of drug-likeness (QED) is 0.749. The molecule has 0 aliphatic rings. The van der Waals surface area contributed by atoms with Crippen LogP contribution in [0.2, 0.25) is 0 Å². The van der Waals surface area contributed by atoms with Crippen molar-refractivity contribution in [2.75, 3.05) is 7.11 Å². The molecule has 0 fully saturated rings. The topological polar surface area (TPSA) is 26.3 Å². The second-order valence-electron chi connectivity index (χ2n) is 3.92. The normalized spacial score (nSPS) is 10.0. The third-order valence-corrected chi connectivity index (χ3v) is 2.79. The highest BCUT2D eigenvalue weighted by atomic mass is 16.5. The fraction of sp³-hybridized carbons (Fsp3) is 0.133. The van der Waals surface area contributed by atoms with Gasteiger partial charge in [0.15, 0.2) is 0 Å². The van der Waals surface area contributed by atoms with Crippen molar-refractivity contribution in [3.8, 4) is 16.9 Å². The van der Waals surface area contributed by atoms with Crippen LogP contribution in [0.5, 0.6) is 5.75 Å². The number of carbonyl (C=O) groups is 1. The minimum atomic E-state index is 0.708. The molecular formula is C15H14O2. The molecule has 0 heterocycles. The van der Waals surface area contributed by atoms with Crippen molar-refractivity contribution in [1.29, 1.82) is 0 Å². The maximum absolute atomic E-state index is 10.7. The Bertz CT molecular complexity index is 527. The first-order valence-corrected chi connectivity index (χ1v) is 5.45. The molecule has 0 aliphatic carbocycles. The Morgan fingerprint density at radius 1 is 1.06 bits per heavy atom. The largest absolute Gasteiger partial charge is 0.497 e. The minimum Gasteiger partial charge on any atom is -0.497 e. The van der Waals surface area contributed by atoms with Crippen LogP contribution >= 0.6 is 0 Å². The molecular weight excluding hydrogens is 212 g/mol. The highest BCUT2D eigenvalue weighted by molar-refractivity contribution is 5.78. The van der Waals surface area contributed by atoms with Gasteiger partial charge in [0.2, 0.25) is 0 Å². The number of aldehydes is 1. The molecule has 2 heteroatoms. The molecule has 2 aromatic rings. The van der Waals surface area contributed by atoms with Crippen LogP contribution in [0.3, 0.4) is 0 Å². The highest BCUT2D eigenvalue weighted by Gasteiger charge is 2.03. The average molecular weight is 226 g/mol. The van der Waals surface area contributed by atoms with E-state index in [0.717, 1.165) is 28.7 Å². The average Bonchev–Trinajstić information content (AvgIpc) is 2.39. The summed E-state index contributed by atoms with van der Waals surface area (Å²) < 4.78 is 5.13. The molecule has 17 heavy (non-hydrogen) atoms. The summed E-state index contributed by atoms with van der Waals surface area (Å²) in [6.07, 6.45) is 0.866. The molecule has 0 N–H and O–H groups in total. The Labute approximate surface area is 101 Å². The molecule has 0 aliphatic heterocycles. The van der Waals surface area contributed by atoms with Crippen LogP contribution in [0, 0.1) is 6.92 Å². The number of benzene rings is 2. The lowest BCUT2D eigenvalue weighted by molar-refractivity contribution is 0.112. The molecule has 0 bridgehead atoms. The summed E-state index contributed by atoms with van der Waals surface area (Å²) in [5.41, 5.74) is 4.07. The lowest BCUT2D eigenvalue weighted by Gasteiger charge is -2.07. The third-order valence-electron chi connectivity index (χ3n) is 2.79. The molecule has 2 rings (SSSR count). The van der Waals surface area contributed by atoms with Gasteiger partial charge in [-0.1, -0.05) is 24.3 Å². The van der Waals surface area contributed by atoms with Crippen LogP contribution in [0.4, 0.5) is 0 Å². The van der Waals surface area contributed by atoms with E-state index in [2.05, 4.69) is 0 Å². The van der Waals surface area contributed by atoms with Crippen molar-refractivity contribution >= 4 is 6.29 Å². The van der Waals surface area contributed by atoms with Gasteiger partial charge in [0.25, 0.3) is 0 Å². The van der Waals surface area contributed by atoms with Crippen molar-refractivity contribution in [2.24, 2.45) is 0 Å². The third kappa shape index (κ3) is 2.36. The molecule has 2 nitrogen and oxygen atoms in total. The van der Waals surface area contributed by atoms with E-state index in [1.165, 1.54) is 0 Å². The summed E-state index contributed by atoms with van der Waals surface area (Å²) in [7, 11) is 1.65. The zero-order valence-electron chi connectivity index (χ0n) is 9.94. The number of rotatable bonds is 3. The van der Waals surface area contributed by atoms with Gasteiger partial charge in [-0.05, 0) is 41.8 Å². The predicted octanol–water partition coefficient (Wildman–Crippen LogP) is 3.48. The summed E-state index contributed by atoms with van der Waals surface area (Å²) >= 11 is 0.